The molecule has 2 aromatic carbocycles. The number of benzene rings is 2. The predicted octanol–water partition coefficient (Wildman–Crippen LogP) is 4.39. The first-order valence-corrected chi connectivity index (χ1v) is 8.87. The summed E-state index contributed by atoms with van der Waals surface area (Å²) in [4.78, 5) is 0. The molecule has 3 rings (SSSR count). The summed E-state index contributed by atoms with van der Waals surface area (Å²) in [5, 5.41) is 13.5. The second-order valence-corrected chi connectivity index (χ2v) is 6.76. The number of fused-ring (bicyclic) bond motifs is 1. The fourth-order valence-corrected chi connectivity index (χ4v) is 3.61. The molecule has 0 radical (unpaired) electrons. The lowest BCUT2D eigenvalue weighted by atomic mass is 9.87. The Labute approximate surface area is 144 Å². The summed E-state index contributed by atoms with van der Waals surface area (Å²) >= 11 is 0. The van der Waals surface area contributed by atoms with Crippen LogP contribution in [0.3, 0.4) is 0 Å². The summed E-state index contributed by atoms with van der Waals surface area (Å²) < 4.78 is 5.19. The molecule has 0 heterocycles. The van der Waals surface area contributed by atoms with Crippen LogP contribution in [0.1, 0.15) is 48.9 Å². The smallest absolute Gasteiger partial charge is 0.160 e. The van der Waals surface area contributed by atoms with E-state index in [1.807, 2.05) is 12.1 Å². The zero-order chi connectivity index (χ0) is 16.9. The van der Waals surface area contributed by atoms with E-state index in [0.717, 1.165) is 12.8 Å². The number of methoxy groups -OCH3 is 1. The van der Waals surface area contributed by atoms with Crippen molar-refractivity contribution in [3.63, 3.8) is 0 Å². The van der Waals surface area contributed by atoms with E-state index in [0.29, 0.717) is 17.8 Å². The van der Waals surface area contributed by atoms with E-state index in [2.05, 4.69) is 36.5 Å². The highest BCUT2D eigenvalue weighted by atomic mass is 16.5. The molecule has 1 aliphatic rings. The highest BCUT2D eigenvalue weighted by Crippen LogP contribution is 2.30. The third-order valence-corrected chi connectivity index (χ3v) is 4.97. The quantitative estimate of drug-likeness (QED) is 0.827. The van der Waals surface area contributed by atoms with Gasteiger partial charge in [0.25, 0.3) is 0 Å². The molecule has 1 aliphatic carbocycles. The van der Waals surface area contributed by atoms with Crippen LogP contribution in [0.15, 0.2) is 42.5 Å². The third kappa shape index (κ3) is 3.90. The summed E-state index contributed by atoms with van der Waals surface area (Å²) in [6.45, 7) is 2.26. The van der Waals surface area contributed by atoms with Gasteiger partial charge in [-0.3, -0.25) is 0 Å². The number of ether oxygens (including phenoxy) is 1. The molecule has 0 saturated carbocycles. The van der Waals surface area contributed by atoms with Gasteiger partial charge in [0.2, 0.25) is 0 Å². The van der Waals surface area contributed by atoms with Crippen molar-refractivity contribution >= 4 is 0 Å². The highest BCUT2D eigenvalue weighted by Gasteiger charge is 2.20. The van der Waals surface area contributed by atoms with E-state index in [1.54, 1.807) is 13.2 Å². The molecule has 3 heteroatoms. The molecule has 24 heavy (non-hydrogen) atoms. The van der Waals surface area contributed by atoms with E-state index in [-0.39, 0.29) is 5.75 Å². The maximum atomic E-state index is 9.68. The molecule has 2 atom stereocenters. The number of rotatable bonds is 6. The number of phenols is 1. The summed E-state index contributed by atoms with van der Waals surface area (Å²) in [7, 11) is 1.59. The van der Waals surface area contributed by atoms with Gasteiger partial charge in [-0.25, -0.2) is 0 Å². The summed E-state index contributed by atoms with van der Waals surface area (Å²) in [6.07, 6.45) is 5.72. The lowest BCUT2D eigenvalue weighted by Gasteiger charge is -2.29. The van der Waals surface area contributed by atoms with Crippen LogP contribution in [0.25, 0.3) is 0 Å². The third-order valence-electron chi connectivity index (χ3n) is 4.97. The lowest BCUT2D eigenvalue weighted by molar-refractivity contribution is 0.372. The number of nitrogens with one attached hydrogen (secondary N) is 1. The maximum Gasteiger partial charge on any atom is 0.160 e. The molecular formula is C21H27NO2. The minimum Gasteiger partial charge on any atom is -0.504 e. The molecule has 128 valence electrons. The zero-order valence-corrected chi connectivity index (χ0v) is 14.6. The van der Waals surface area contributed by atoms with Crippen molar-refractivity contribution in [2.45, 2.75) is 51.1 Å². The van der Waals surface area contributed by atoms with Crippen LogP contribution in [0, 0.1) is 0 Å². The molecule has 2 unspecified atom stereocenters. The zero-order valence-electron chi connectivity index (χ0n) is 14.6. The number of aromatic hydroxyl groups is 1. The summed E-state index contributed by atoms with van der Waals surface area (Å²) in [6, 6.07) is 15.3. The molecule has 0 saturated heterocycles. The Morgan fingerprint density at radius 3 is 2.92 bits per heavy atom. The Hall–Kier alpha value is -2.00. The number of hydrogen-bond acceptors (Lipinski definition) is 3. The first kappa shape index (κ1) is 16.8. The molecule has 0 fully saturated rings. The van der Waals surface area contributed by atoms with Gasteiger partial charge in [0.05, 0.1) is 7.11 Å². The van der Waals surface area contributed by atoms with Gasteiger partial charge in [0.15, 0.2) is 11.5 Å². The normalized spacial score (nSPS) is 18.0. The fourth-order valence-electron chi connectivity index (χ4n) is 3.61. The lowest BCUT2D eigenvalue weighted by Crippen LogP contribution is -2.33. The molecule has 0 aromatic heterocycles. The van der Waals surface area contributed by atoms with Crippen molar-refractivity contribution in [3.8, 4) is 11.5 Å². The highest BCUT2D eigenvalue weighted by molar-refractivity contribution is 5.41. The van der Waals surface area contributed by atoms with E-state index in [1.165, 1.54) is 36.0 Å². The standard InChI is InChI=1S/C21H27NO2/c1-15(10-11-16-12-13-20(23)21(14-16)24-2)22-19-9-5-7-17-6-3-4-8-18(17)19/h3-4,6,8,12-15,19,22-23H,5,7,9-11H2,1-2H3. The van der Waals surface area contributed by atoms with Crippen LogP contribution >= 0.6 is 0 Å². The summed E-state index contributed by atoms with van der Waals surface area (Å²) in [5.41, 5.74) is 4.17. The Bertz CT molecular complexity index is 683. The van der Waals surface area contributed by atoms with Crippen molar-refractivity contribution in [1.82, 2.24) is 5.32 Å². The monoisotopic (exact) mass is 325 g/mol. The Morgan fingerprint density at radius 2 is 2.08 bits per heavy atom. The number of hydrogen-bond donors (Lipinski definition) is 2. The molecule has 0 amide bonds. The molecule has 0 aliphatic heterocycles. The van der Waals surface area contributed by atoms with Gasteiger partial charge in [-0.2, -0.15) is 0 Å². The Morgan fingerprint density at radius 1 is 1.25 bits per heavy atom. The first-order valence-electron chi connectivity index (χ1n) is 8.87. The average Bonchev–Trinajstić information content (AvgIpc) is 2.61. The van der Waals surface area contributed by atoms with E-state index in [4.69, 9.17) is 4.74 Å². The van der Waals surface area contributed by atoms with Crippen molar-refractivity contribution in [3.05, 3.63) is 59.2 Å². The van der Waals surface area contributed by atoms with Crippen LogP contribution in [-0.2, 0) is 12.8 Å². The van der Waals surface area contributed by atoms with Gasteiger partial charge in [-0.1, -0.05) is 30.3 Å². The van der Waals surface area contributed by atoms with Crippen LogP contribution in [0.2, 0.25) is 0 Å². The van der Waals surface area contributed by atoms with E-state index >= 15 is 0 Å². The topological polar surface area (TPSA) is 41.5 Å². The molecule has 0 spiro atoms. The second-order valence-electron chi connectivity index (χ2n) is 6.76. The van der Waals surface area contributed by atoms with Crippen LogP contribution in [-0.4, -0.2) is 18.3 Å². The first-order chi connectivity index (χ1) is 11.7. The minimum absolute atomic E-state index is 0.200. The van der Waals surface area contributed by atoms with Crippen molar-refractivity contribution < 1.29 is 9.84 Å². The van der Waals surface area contributed by atoms with Crippen LogP contribution < -0.4 is 10.1 Å². The SMILES string of the molecule is COc1cc(CCC(C)NC2CCCc3ccccc32)ccc1O. The maximum absolute atomic E-state index is 9.68. The van der Waals surface area contributed by atoms with Crippen molar-refractivity contribution in [2.75, 3.05) is 7.11 Å². The van der Waals surface area contributed by atoms with Crippen molar-refractivity contribution in [2.24, 2.45) is 0 Å². The van der Waals surface area contributed by atoms with Gasteiger partial charge >= 0.3 is 0 Å². The van der Waals surface area contributed by atoms with E-state index in [9.17, 15) is 5.11 Å². The molecule has 3 nitrogen and oxygen atoms in total. The fraction of sp³-hybridized carbons (Fsp3) is 0.429. The second kappa shape index (κ2) is 7.71. The largest absolute Gasteiger partial charge is 0.504 e. The molecule has 2 aromatic rings. The van der Waals surface area contributed by atoms with Crippen LogP contribution in [0.4, 0.5) is 0 Å². The van der Waals surface area contributed by atoms with Crippen LogP contribution in [0.5, 0.6) is 11.5 Å². The van der Waals surface area contributed by atoms with Gasteiger partial charge in [-0.15, -0.1) is 0 Å². The van der Waals surface area contributed by atoms with Gasteiger partial charge in [0.1, 0.15) is 0 Å². The minimum atomic E-state index is 0.200. The number of aryl methyl sites for hydroxylation is 2. The predicted molar refractivity (Wildman–Crippen MR) is 97.7 cm³/mol. The summed E-state index contributed by atoms with van der Waals surface area (Å²) in [5.74, 6) is 0.751. The molecule has 0 bridgehead atoms. The molecule has 2 N–H and O–H groups in total. The van der Waals surface area contributed by atoms with Gasteiger partial charge in [0, 0.05) is 12.1 Å². The molecular weight excluding hydrogens is 298 g/mol. The van der Waals surface area contributed by atoms with Crippen molar-refractivity contribution in [1.29, 1.82) is 0 Å². The Balaban J connectivity index is 1.58. The number of phenolic OH excluding ortho intramolecular Hbond substituents is 1. The Kier molecular flexibility index (Phi) is 5.41. The van der Waals surface area contributed by atoms with Gasteiger partial charge < -0.3 is 15.2 Å². The van der Waals surface area contributed by atoms with E-state index < -0.39 is 0 Å². The van der Waals surface area contributed by atoms with Gasteiger partial charge in [-0.05, 0) is 67.9 Å². The average molecular weight is 325 g/mol.